The van der Waals surface area contributed by atoms with Gasteiger partial charge in [-0.15, -0.1) is 0 Å². The van der Waals surface area contributed by atoms with E-state index in [4.69, 9.17) is 0 Å². The Morgan fingerprint density at radius 2 is 1.63 bits per heavy atom. The summed E-state index contributed by atoms with van der Waals surface area (Å²) in [6.45, 7) is 1.76. The Balaban J connectivity index is 2.48. The fourth-order valence-corrected chi connectivity index (χ4v) is 2.56. The van der Waals surface area contributed by atoms with Crippen LogP contribution in [0.2, 0.25) is 0 Å². The molecule has 0 atom stereocenters. The van der Waals surface area contributed by atoms with Crippen molar-refractivity contribution >= 4 is 30.0 Å². The van der Waals surface area contributed by atoms with E-state index in [0.717, 1.165) is 19.3 Å². The minimum atomic E-state index is -1.14. The summed E-state index contributed by atoms with van der Waals surface area (Å²) < 4.78 is 11.8. The van der Waals surface area contributed by atoms with Gasteiger partial charge in [-0.3, -0.25) is 20.2 Å². The van der Waals surface area contributed by atoms with Crippen LogP contribution in [-0.4, -0.2) is 23.6 Å². The van der Waals surface area contributed by atoms with E-state index in [1.165, 1.54) is 0 Å². The van der Waals surface area contributed by atoms with E-state index in [1.54, 1.807) is 6.92 Å². The Labute approximate surface area is 116 Å². The molecule has 4 amide bonds. The molecule has 1 aliphatic rings. The van der Waals surface area contributed by atoms with Crippen LogP contribution < -0.4 is 10.6 Å². The Morgan fingerprint density at radius 3 is 2.16 bits per heavy atom. The summed E-state index contributed by atoms with van der Waals surface area (Å²) in [4.78, 5) is 34.8. The third-order valence-electron chi connectivity index (χ3n) is 3.50. The van der Waals surface area contributed by atoms with Crippen LogP contribution in [0, 0.1) is 5.41 Å². The summed E-state index contributed by atoms with van der Waals surface area (Å²) in [7, 11) is 0. The molecule has 7 heteroatoms. The number of imide groups is 2. The zero-order valence-corrected chi connectivity index (χ0v) is 11.8. The number of rotatable bonds is 8. The van der Waals surface area contributed by atoms with Crippen LogP contribution in [0.3, 0.4) is 0 Å². The highest BCUT2D eigenvalue weighted by Gasteiger charge is 2.48. The maximum atomic E-state index is 11.9. The van der Waals surface area contributed by atoms with Crippen LogP contribution in [0.25, 0.3) is 0 Å². The largest absolute Gasteiger partial charge is 0.328 e. The lowest BCUT2D eigenvalue weighted by Gasteiger charge is -2.33. The van der Waals surface area contributed by atoms with Gasteiger partial charge in [0.15, 0.2) is 0 Å². The molecule has 0 aliphatic carbocycles. The van der Waals surface area contributed by atoms with Gasteiger partial charge < -0.3 is 0 Å². The fraction of sp³-hybridized carbons (Fsp3) is 0.750. The molecule has 1 fully saturated rings. The number of nitrogens with one attached hydrogen (secondary N) is 2. The lowest BCUT2D eigenvalue weighted by molar-refractivity contribution is -0.145. The van der Waals surface area contributed by atoms with Crippen molar-refractivity contribution in [3.05, 3.63) is 0 Å². The smallest absolute Gasteiger partial charge is 0.277 e. The fourth-order valence-electron chi connectivity index (χ4n) is 2.24. The molecule has 1 rings (SSSR count). The second kappa shape index (κ2) is 7.47. The minimum absolute atomic E-state index is 0.327. The van der Waals surface area contributed by atoms with Crippen molar-refractivity contribution in [3.8, 4) is 0 Å². The standard InChI is InChI=1S/C12H19FN2O3S/c1-2-12(7-5-3-4-6-8-19-13)9(16)14-11(18)15-10(12)17/h2-8H2,1H3,(H2,14,15,16,17,18). The van der Waals surface area contributed by atoms with Gasteiger partial charge in [-0.2, -0.15) is 3.89 Å². The molecule has 0 spiro atoms. The van der Waals surface area contributed by atoms with E-state index in [-0.39, 0.29) is 0 Å². The maximum absolute atomic E-state index is 11.9. The molecule has 2 N–H and O–H groups in total. The number of urea groups is 1. The number of carbonyl (C=O) groups excluding carboxylic acids is 3. The summed E-state index contributed by atoms with van der Waals surface area (Å²) >= 11 is 0.327. The van der Waals surface area contributed by atoms with E-state index in [1.807, 2.05) is 0 Å². The highest BCUT2D eigenvalue weighted by molar-refractivity contribution is 7.94. The van der Waals surface area contributed by atoms with Crippen LogP contribution in [0.5, 0.6) is 0 Å². The highest BCUT2D eigenvalue weighted by atomic mass is 32.2. The molecule has 1 heterocycles. The Hall–Kier alpha value is -1.11. The lowest BCUT2D eigenvalue weighted by atomic mass is 9.77. The number of carbonyl (C=O) groups is 3. The molecule has 0 aromatic carbocycles. The number of unbranched alkanes of at least 4 members (excludes halogenated alkanes) is 3. The molecular weight excluding hydrogens is 271 g/mol. The molecule has 19 heavy (non-hydrogen) atoms. The van der Waals surface area contributed by atoms with Gasteiger partial charge in [0.1, 0.15) is 5.41 Å². The Kier molecular flexibility index (Phi) is 6.27. The second-order valence-electron chi connectivity index (χ2n) is 4.65. The number of amides is 4. The molecule has 0 aromatic heterocycles. The highest BCUT2D eigenvalue weighted by Crippen LogP contribution is 2.31. The van der Waals surface area contributed by atoms with Crippen molar-refractivity contribution in [2.24, 2.45) is 5.41 Å². The SMILES string of the molecule is CCC1(CCCCCCSF)C(=O)NC(=O)NC1=O. The van der Waals surface area contributed by atoms with E-state index in [9.17, 15) is 18.3 Å². The van der Waals surface area contributed by atoms with Crippen molar-refractivity contribution in [2.45, 2.75) is 45.4 Å². The molecular formula is C12H19FN2O3S. The second-order valence-corrected chi connectivity index (χ2v) is 5.28. The van der Waals surface area contributed by atoms with Crippen molar-refractivity contribution in [1.29, 1.82) is 0 Å². The predicted octanol–water partition coefficient (Wildman–Crippen LogP) is 2.32. The first kappa shape index (κ1) is 15.9. The molecule has 5 nitrogen and oxygen atoms in total. The molecule has 0 bridgehead atoms. The average Bonchev–Trinajstić information content (AvgIpc) is 2.36. The Morgan fingerprint density at radius 1 is 1.05 bits per heavy atom. The van der Waals surface area contributed by atoms with Crippen LogP contribution in [0.1, 0.15) is 45.4 Å². The van der Waals surface area contributed by atoms with Crippen molar-refractivity contribution < 1.29 is 18.3 Å². The normalized spacial score (nSPS) is 18.1. The van der Waals surface area contributed by atoms with Crippen LogP contribution in [0.4, 0.5) is 8.68 Å². The van der Waals surface area contributed by atoms with Gasteiger partial charge in [0, 0.05) is 17.9 Å². The van der Waals surface area contributed by atoms with E-state index < -0.39 is 23.3 Å². The first-order valence-electron chi connectivity index (χ1n) is 6.47. The number of hydrogen-bond donors (Lipinski definition) is 2. The summed E-state index contributed by atoms with van der Waals surface area (Å²) in [6.07, 6.45) is 3.99. The summed E-state index contributed by atoms with van der Waals surface area (Å²) in [5.74, 6) is -0.542. The van der Waals surface area contributed by atoms with Gasteiger partial charge in [0.2, 0.25) is 11.8 Å². The van der Waals surface area contributed by atoms with Crippen molar-refractivity contribution in [3.63, 3.8) is 0 Å². The number of barbiturate groups is 1. The molecule has 0 saturated carbocycles. The molecule has 0 aromatic rings. The van der Waals surface area contributed by atoms with Crippen LogP contribution >= 0.6 is 12.1 Å². The van der Waals surface area contributed by atoms with Gasteiger partial charge >= 0.3 is 6.03 Å². The zero-order valence-electron chi connectivity index (χ0n) is 11.0. The molecule has 0 radical (unpaired) electrons. The maximum Gasteiger partial charge on any atom is 0.328 e. The number of hydrogen-bond acceptors (Lipinski definition) is 4. The Bertz CT molecular complexity index is 343. The molecule has 1 aliphatic heterocycles. The van der Waals surface area contributed by atoms with Crippen molar-refractivity contribution in [2.75, 3.05) is 5.75 Å². The zero-order chi connectivity index (χ0) is 14.3. The molecule has 1 saturated heterocycles. The average molecular weight is 290 g/mol. The third-order valence-corrected chi connectivity index (χ3v) is 3.94. The van der Waals surface area contributed by atoms with Gasteiger partial charge in [0.25, 0.3) is 0 Å². The first-order chi connectivity index (χ1) is 9.06. The van der Waals surface area contributed by atoms with Crippen LogP contribution in [-0.2, 0) is 9.59 Å². The van der Waals surface area contributed by atoms with Crippen molar-refractivity contribution in [1.82, 2.24) is 10.6 Å². The first-order valence-corrected chi connectivity index (χ1v) is 7.36. The lowest BCUT2D eigenvalue weighted by Crippen LogP contribution is -2.62. The van der Waals surface area contributed by atoms with E-state index in [2.05, 4.69) is 10.6 Å². The summed E-state index contributed by atoms with van der Waals surface area (Å²) in [5.41, 5.74) is -1.14. The van der Waals surface area contributed by atoms with Crippen LogP contribution in [0.15, 0.2) is 0 Å². The van der Waals surface area contributed by atoms with Gasteiger partial charge in [-0.05, 0) is 19.3 Å². The molecule has 108 valence electrons. The quantitative estimate of drug-likeness (QED) is 0.531. The summed E-state index contributed by atoms with van der Waals surface area (Å²) in [5, 5.41) is 4.30. The third kappa shape index (κ3) is 3.92. The predicted molar refractivity (Wildman–Crippen MR) is 71.1 cm³/mol. The van der Waals surface area contributed by atoms with E-state index >= 15 is 0 Å². The van der Waals surface area contributed by atoms with Gasteiger partial charge in [0.05, 0.1) is 0 Å². The number of halogens is 1. The van der Waals surface area contributed by atoms with E-state index in [0.29, 0.717) is 37.2 Å². The molecule has 0 unspecified atom stereocenters. The minimum Gasteiger partial charge on any atom is -0.277 e. The van der Waals surface area contributed by atoms with Gasteiger partial charge in [-0.1, -0.05) is 26.2 Å². The topological polar surface area (TPSA) is 75.3 Å². The monoisotopic (exact) mass is 290 g/mol. The summed E-state index contributed by atoms with van der Waals surface area (Å²) in [6, 6.07) is -0.751. The van der Waals surface area contributed by atoms with Gasteiger partial charge in [-0.25, -0.2) is 4.79 Å².